The smallest absolute Gasteiger partial charge is 0.269 e. The number of anilines is 2. The first-order valence-electron chi connectivity index (χ1n) is 8.38. The van der Waals surface area contributed by atoms with Gasteiger partial charge in [0, 0.05) is 36.5 Å². The van der Waals surface area contributed by atoms with Crippen molar-refractivity contribution in [1.29, 1.82) is 0 Å². The molecule has 2 aromatic rings. The Bertz CT molecular complexity index is 862. The molecule has 1 heterocycles. The van der Waals surface area contributed by atoms with Crippen LogP contribution in [0, 0.1) is 17.0 Å². The van der Waals surface area contributed by atoms with E-state index in [0.29, 0.717) is 24.2 Å². The second kappa shape index (κ2) is 7.35. The lowest BCUT2D eigenvalue weighted by atomic mass is 10.1. The summed E-state index contributed by atoms with van der Waals surface area (Å²) in [6, 6.07) is 11.4. The number of rotatable bonds is 5. The van der Waals surface area contributed by atoms with Crippen LogP contribution in [-0.4, -0.2) is 23.3 Å². The largest absolute Gasteiger partial charge is 0.326 e. The van der Waals surface area contributed by atoms with Gasteiger partial charge in [0.05, 0.1) is 11.3 Å². The van der Waals surface area contributed by atoms with E-state index < -0.39 is 4.92 Å². The topological polar surface area (TPSA) is 92.5 Å². The molecule has 1 fully saturated rings. The van der Waals surface area contributed by atoms with Crippen LogP contribution in [-0.2, 0) is 16.0 Å². The highest BCUT2D eigenvalue weighted by molar-refractivity contribution is 5.98. The van der Waals surface area contributed by atoms with Crippen LogP contribution in [0.15, 0.2) is 42.5 Å². The Balaban J connectivity index is 1.69. The van der Waals surface area contributed by atoms with Gasteiger partial charge < -0.3 is 10.2 Å². The summed E-state index contributed by atoms with van der Waals surface area (Å²) in [7, 11) is 0. The number of aryl methyl sites for hydroxylation is 1. The van der Waals surface area contributed by atoms with Gasteiger partial charge in [-0.3, -0.25) is 19.7 Å². The second-order valence-electron chi connectivity index (χ2n) is 6.30. The van der Waals surface area contributed by atoms with Crippen LogP contribution < -0.4 is 10.2 Å². The summed E-state index contributed by atoms with van der Waals surface area (Å²) < 4.78 is 0. The molecular formula is C19H19N3O4. The Morgan fingerprint density at radius 2 is 1.96 bits per heavy atom. The van der Waals surface area contributed by atoms with Crippen molar-refractivity contribution in [1.82, 2.24) is 0 Å². The lowest BCUT2D eigenvalue weighted by Crippen LogP contribution is -2.24. The fourth-order valence-electron chi connectivity index (χ4n) is 3.01. The van der Waals surface area contributed by atoms with Crippen LogP contribution in [0.1, 0.15) is 24.0 Å². The molecule has 1 N–H and O–H groups in total. The molecule has 0 atom stereocenters. The predicted octanol–water partition coefficient (Wildman–Crippen LogP) is 3.21. The molecule has 1 aliphatic rings. The number of nitrogens with zero attached hydrogens (tertiary/aromatic N) is 2. The minimum absolute atomic E-state index is 0.00684. The highest BCUT2D eigenvalue weighted by atomic mass is 16.6. The third kappa shape index (κ3) is 3.88. The van der Waals surface area contributed by atoms with E-state index in [9.17, 15) is 19.7 Å². The third-order valence-electron chi connectivity index (χ3n) is 4.37. The number of carbonyl (C=O) groups is 2. The van der Waals surface area contributed by atoms with E-state index in [1.54, 1.807) is 23.1 Å². The molecule has 1 aliphatic heterocycles. The normalized spacial score (nSPS) is 13.7. The fraction of sp³-hybridized carbons (Fsp3) is 0.263. The molecule has 7 nitrogen and oxygen atoms in total. The number of amides is 2. The highest BCUT2D eigenvalue weighted by Crippen LogP contribution is 2.28. The Morgan fingerprint density at radius 3 is 2.58 bits per heavy atom. The first-order valence-corrected chi connectivity index (χ1v) is 8.38. The maximum Gasteiger partial charge on any atom is 0.269 e. The summed E-state index contributed by atoms with van der Waals surface area (Å²) in [6.45, 7) is 2.63. The summed E-state index contributed by atoms with van der Waals surface area (Å²) in [6.07, 6.45) is 1.51. The van der Waals surface area contributed by atoms with E-state index in [0.717, 1.165) is 17.7 Å². The average molecular weight is 353 g/mol. The minimum Gasteiger partial charge on any atom is -0.326 e. The second-order valence-corrected chi connectivity index (χ2v) is 6.30. The highest BCUT2D eigenvalue weighted by Gasteiger charge is 2.23. The van der Waals surface area contributed by atoms with Gasteiger partial charge in [0.1, 0.15) is 0 Å². The molecule has 1 saturated heterocycles. The molecule has 26 heavy (non-hydrogen) atoms. The quantitative estimate of drug-likeness (QED) is 0.660. The van der Waals surface area contributed by atoms with Crippen LogP contribution in [0.2, 0.25) is 0 Å². The number of carbonyl (C=O) groups excluding carboxylic acids is 2. The van der Waals surface area contributed by atoms with Crippen molar-refractivity contribution < 1.29 is 14.5 Å². The first kappa shape index (κ1) is 17.6. The van der Waals surface area contributed by atoms with Gasteiger partial charge in [-0.1, -0.05) is 18.2 Å². The molecule has 2 aromatic carbocycles. The van der Waals surface area contributed by atoms with Gasteiger partial charge >= 0.3 is 0 Å². The van der Waals surface area contributed by atoms with Crippen molar-refractivity contribution in [2.75, 3.05) is 16.8 Å². The molecule has 7 heteroatoms. The average Bonchev–Trinajstić information content (AvgIpc) is 3.03. The van der Waals surface area contributed by atoms with E-state index in [1.165, 1.54) is 12.1 Å². The van der Waals surface area contributed by atoms with Crippen molar-refractivity contribution in [3.8, 4) is 0 Å². The SMILES string of the molecule is Cc1ccc(NC(=O)Cc2ccc([N+](=O)[O-])cc2)cc1N1CCCC1=O. The van der Waals surface area contributed by atoms with E-state index >= 15 is 0 Å². The minimum atomic E-state index is -0.475. The van der Waals surface area contributed by atoms with E-state index in [-0.39, 0.29) is 23.9 Å². The monoisotopic (exact) mass is 353 g/mol. The summed E-state index contributed by atoms with van der Waals surface area (Å²) in [5.74, 6) is -0.121. The Hall–Kier alpha value is -3.22. The molecule has 2 amide bonds. The van der Waals surface area contributed by atoms with Gasteiger partial charge in [0.15, 0.2) is 0 Å². The Labute approximate surface area is 150 Å². The molecule has 134 valence electrons. The van der Waals surface area contributed by atoms with Crippen molar-refractivity contribution in [2.24, 2.45) is 0 Å². The van der Waals surface area contributed by atoms with Crippen molar-refractivity contribution in [2.45, 2.75) is 26.2 Å². The molecule has 0 aliphatic carbocycles. The number of nitro groups is 1. The van der Waals surface area contributed by atoms with E-state index in [4.69, 9.17) is 0 Å². The van der Waals surface area contributed by atoms with Crippen molar-refractivity contribution in [3.63, 3.8) is 0 Å². The molecule has 3 rings (SSSR count). The van der Waals surface area contributed by atoms with Crippen LogP contribution in [0.3, 0.4) is 0 Å². The summed E-state index contributed by atoms with van der Waals surface area (Å²) in [5, 5.41) is 13.5. The van der Waals surface area contributed by atoms with Crippen LogP contribution >= 0.6 is 0 Å². The van der Waals surface area contributed by atoms with Gasteiger partial charge in [-0.25, -0.2) is 0 Å². The summed E-state index contributed by atoms with van der Waals surface area (Å²) >= 11 is 0. The zero-order valence-electron chi connectivity index (χ0n) is 14.4. The van der Waals surface area contributed by atoms with Crippen LogP contribution in [0.25, 0.3) is 0 Å². The summed E-state index contributed by atoms with van der Waals surface area (Å²) in [4.78, 5) is 36.2. The standard InChI is InChI=1S/C19H19N3O4/c1-13-4-7-15(12-17(13)21-10-2-3-19(21)24)20-18(23)11-14-5-8-16(9-6-14)22(25)26/h4-9,12H,2-3,10-11H2,1H3,(H,20,23). The maximum atomic E-state index is 12.3. The van der Waals surface area contributed by atoms with Gasteiger partial charge in [-0.15, -0.1) is 0 Å². The van der Waals surface area contributed by atoms with Gasteiger partial charge in [0.25, 0.3) is 5.69 Å². The van der Waals surface area contributed by atoms with Gasteiger partial charge in [-0.05, 0) is 36.6 Å². The zero-order chi connectivity index (χ0) is 18.7. The number of benzene rings is 2. The molecule has 0 saturated carbocycles. The predicted molar refractivity (Wildman–Crippen MR) is 98.2 cm³/mol. The van der Waals surface area contributed by atoms with Crippen LogP contribution in [0.4, 0.5) is 17.1 Å². The van der Waals surface area contributed by atoms with Crippen LogP contribution in [0.5, 0.6) is 0 Å². The van der Waals surface area contributed by atoms with E-state index in [1.807, 2.05) is 19.1 Å². The maximum absolute atomic E-state index is 12.3. The Morgan fingerprint density at radius 1 is 1.23 bits per heavy atom. The molecule has 0 radical (unpaired) electrons. The number of hydrogen-bond donors (Lipinski definition) is 1. The fourth-order valence-corrected chi connectivity index (χ4v) is 3.01. The summed E-state index contributed by atoms with van der Waals surface area (Å²) in [5.41, 5.74) is 3.11. The molecule has 0 unspecified atom stereocenters. The lowest BCUT2D eigenvalue weighted by Gasteiger charge is -2.19. The lowest BCUT2D eigenvalue weighted by molar-refractivity contribution is -0.384. The van der Waals surface area contributed by atoms with Crippen molar-refractivity contribution in [3.05, 3.63) is 63.7 Å². The molecule has 0 aromatic heterocycles. The number of non-ortho nitro benzene ring substituents is 1. The number of hydrogen-bond acceptors (Lipinski definition) is 4. The molecule has 0 bridgehead atoms. The number of nitro benzene ring substituents is 1. The van der Waals surface area contributed by atoms with Gasteiger partial charge in [-0.2, -0.15) is 0 Å². The molecular weight excluding hydrogens is 334 g/mol. The third-order valence-corrected chi connectivity index (χ3v) is 4.37. The van der Waals surface area contributed by atoms with E-state index in [2.05, 4.69) is 5.32 Å². The zero-order valence-corrected chi connectivity index (χ0v) is 14.4. The van der Waals surface area contributed by atoms with Gasteiger partial charge in [0.2, 0.25) is 11.8 Å². The molecule has 0 spiro atoms. The Kier molecular flexibility index (Phi) is 4.97. The van der Waals surface area contributed by atoms with Crippen molar-refractivity contribution >= 4 is 28.9 Å². The first-order chi connectivity index (χ1) is 12.4. The number of nitrogens with one attached hydrogen (secondary N) is 1.